The molecule has 1 aromatic carbocycles. The van der Waals surface area contributed by atoms with Gasteiger partial charge in [-0.25, -0.2) is 0 Å². The van der Waals surface area contributed by atoms with E-state index < -0.39 is 54.1 Å². The molecule has 1 aliphatic heterocycles. The van der Waals surface area contributed by atoms with Gasteiger partial charge in [-0.2, -0.15) is 39.5 Å². The molecule has 1 heterocycles. The summed E-state index contributed by atoms with van der Waals surface area (Å²) >= 11 is 0. The van der Waals surface area contributed by atoms with E-state index >= 15 is 0 Å². The van der Waals surface area contributed by atoms with Crippen LogP contribution in [0.4, 0.5) is 39.5 Å². The summed E-state index contributed by atoms with van der Waals surface area (Å²) in [5, 5.41) is 2.91. The summed E-state index contributed by atoms with van der Waals surface area (Å²) in [5.74, 6) is 0. The minimum atomic E-state index is -4.98. The number of benzene rings is 1. The van der Waals surface area contributed by atoms with Crippen molar-refractivity contribution in [1.29, 1.82) is 0 Å². The van der Waals surface area contributed by atoms with Crippen LogP contribution < -0.4 is 5.32 Å². The van der Waals surface area contributed by atoms with Crippen molar-refractivity contribution in [2.75, 3.05) is 26.2 Å². The molecule has 29 heavy (non-hydrogen) atoms. The lowest BCUT2D eigenvalue weighted by Crippen LogP contribution is -2.45. The molecular weight excluding hydrogens is 462 g/mol. The summed E-state index contributed by atoms with van der Waals surface area (Å²) < 4.78 is 117. The Morgan fingerprint density at radius 3 is 1.86 bits per heavy atom. The van der Waals surface area contributed by atoms with E-state index in [0.717, 1.165) is 0 Å². The Morgan fingerprint density at radius 2 is 1.41 bits per heavy atom. The van der Waals surface area contributed by atoms with Gasteiger partial charge in [0.2, 0.25) is 0 Å². The zero-order chi connectivity index (χ0) is 20.5. The zero-order valence-corrected chi connectivity index (χ0v) is 16.4. The van der Waals surface area contributed by atoms with Crippen LogP contribution in [0, 0.1) is 0 Å². The van der Waals surface area contributed by atoms with E-state index in [4.69, 9.17) is 0 Å². The van der Waals surface area contributed by atoms with Crippen molar-refractivity contribution in [2.45, 2.75) is 37.4 Å². The molecular formula is C16H19Cl2F9N2. The molecule has 0 aromatic heterocycles. The van der Waals surface area contributed by atoms with Crippen molar-refractivity contribution in [2.24, 2.45) is 0 Å². The van der Waals surface area contributed by atoms with E-state index in [1.54, 1.807) is 0 Å². The predicted molar refractivity (Wildman–Crippen MR) is 93.4 cm³/mol. The van der Waals surface area contributed by atoms with Crippen LogP contribution in [0.3, 0.4) is 0 Å². The monoisotopic (exact) mass is 480 g/mol. The van der Waals surface area contributed by atoms with Gasteiger partial charge in [0.05, 0.1) is 11.1 Å². The highest BCUT2D eigenvalue weighted by molar-refractivity contribution is 5.85. The van der Waals surface area contributed by atoms with Crippen molar-refractivity contribution in [3.05, 3.63) is 34.9 Å². The van der Waals surface area contributed by atoms with Crippen LogP contribution in [0.2, 0.25) is 0 Å². The van der Waals surface area contributed by atoms with Crippen LogP contribution in [-0.2, 0) is 12.4 Å². The first-order chi connectivity index (χ1) is 12.3. The first kappa shape index (κ1) is 28.1. The van der Waals surface area contributed by atoms with Crippen LogP contribution in [0.1, 0.15) is 35.6 Å². The van der Waals surface area contributed by atoms with Crippen LogP contribution in [-0.4, -0.2) is 37.3 Å². The number of hydrogen-bond acceptors (Lipinski definition) is 2. The Kier molecular flexibility index (Phi) is 10.1. The third-order valence-corrected chi connectivity index (χ3v) is 4.34. The van der Waals surface area contributed by atoms with Gasteiger partial charge >= 0.3 is 18.5 Å². The van der Waals surface area contributed by atoms with E-state index in [-0.39, 0.29) is 37.9 Å². The normalized spacial score (nSPS) is 17.3. The number of halogens is 11. The summed E-state index contributed by atoms with van der Waals surface area (Å²) in [5.41, 5.74) is -3.44. The molecule has 1 aromatic rings. The van der Waals surface area contributed by atoms with Gasteiger partial charge in [-0.05, 0) is 30.2 Å². The highest BCUT2D eigenvalue weighted by Gasteiger charge is 2.41. The lowest BCUT2D eigenvalue weighted by Gasteiger charge is -2.36. The van der Waals surface area contributed by atoms with Crippen molar-refractivity contribution >= 4 is 24.8 Å². The Hall–Kier alpha value is -0.910. The standard InChI is InChI=1S/C16H17F9N2.2ClH/c17-14(18,19)4-3-13(27-7-5-26-6-8-27)11-9-10(15(20,21)22)1-2-12(11)16(23,24)25;;/h1-2,9,13,26H,3-8H2;2*1H/t13-;;/m0../s1. The maximum absolute atomic E-state index is 13.3. The molecule has 0 unspecified atom stereocenters. The van der Waals surface area contributed by atoms with Crippen molar-refractivity contribution in [1.82, 2.24) is 10.2 Å². The largest absolute Gasteiger partial charge is 0.416 e. The lowest BCUT2D eigenvalue weighted by atomic mass is 9.92. The number of nitrogens with zero attached hydrogens (tertiary/aromatic N) is 1. The molecule has 1 aliphatic rings. The summed E-state index contributed by atoms with van der Waals surface area (Å²) in [6.45, 7) is 0.914. The molecule has 0 radical (unpaired) electrons. The number of alkyl halides is 9. The summed E-state index contributed by atoms with van der Waals surface area (Å²) in [4.78, 5) is 1.37. The van der Waals surface area contributed by atoms with Gasteiger partial charge in [0.1, 0.15) is 0 Å². The van der Waals surface area contributed by atoms with E-state index in [2.05, 4.69) is 5.32 Å². The second-order valence-electron chi connectivity index (χ2n) is 6.25. The van der Waals surface area contributed by atoms with Crippen LogP contribution >= 0.6 is 24.8 Å². The van der Waals surface area contributed by atoms with Gasteiger partial charge in [0.25, 0.3) is 0 Å². The molecule has 1 saturated heterocycles. The van der Waals surface area contributed by atoms with Gasteiger partial charge in [-0.3, -0.25) is 4.90 Å². The van der Waals surface area contributed by atoms with Crippen molar-refractivity contribution in [3.8, 4) is 0 Å². The SMILES string of the molecule is Cl.Cl.FC(F)(F)CC[C@@H](c1cc(C(F)(F)F)ccc1C(F)(F)F)N1CCNCC1. The van der Waals surface area contributed by atoms with Gasteiger partial charge < -0.3 is 5.32 Å². The zero-order valence-electron chi connectivity index (χ0n) is 14.7. The third kappa shape index (κ3) is 8.03. The maximum Gasteiger partial charge on any atom is 0.416 e. The van der Waals surface area contributed by atoms with Crippen molar-refractivity contribution in [3.63, 3.8) is 0 Å². The van der Waals surface area contributed by atoms with Crippen LogP contribution in [0.25, 0.3) is 0 Å². The summed E-state index contributed by atoms with van der Waals surface area (Å²) in [7, 11) is 0. The highest BCUT2D eigenvalue weighted by Crippen LogP contribution is 2.42. The van der Waals surface area contributed by atoms with Crippen LogP contribution in [0.5, 0.6) is 0 Å². The van der Waals surface area contributed by atoms with Crippen molar-refractivity contribution < 1.29 is 39.5 Å². The average Bonchev–Trinajstić information content (AvgIpc) is 2.53. The minimum absolute atomic E-state index is 0. The molecule has 1 fully saturated rings. The Labute approximate surface area is 173 Å². The summed E-state index contributed by atoms with van der Waals surface area (Å²) in [6.07, 6.45) is -16.7. The smallest absolute Gasteiger partial charge is 0.314 e. The molecule has 13 heteroatoms. The minimum Gasteiger partial charge on any atom is -0.314 e. The number of rotatable bonds is 4. The fourth-order valence-electron chi connectivity index (χ4n) is 3.10. The second kappa shape index (κ2) is 10.4. The van der Waals surface area contributed by atoms with Gasteiger partial charge in [-0.1, -0.05) is 0 Å². The quantitative estimate of drug-likeness (QED) is 0.543. The third-order valence-electron chi connectivity index (χ3n) is 4.34. The predicted octanol–water partition coefficient (Wildman–Crippen LogP) is 5.86. The lowest BCUT2D eigenvalue weighted by molar-refractivity contribution is -0.144. The molecule has 170 valence electrons. The topological polar surface area (TPSA) is 15.3 Å². The van der Waals surface area contributed by atoms with Gasteiger partial charge in [0, 0.05) is 38.6 Å². The fraction of sp³-hybridized carbons (Fsp3) is 0.625. The molecule has 2 rings (SSSR count). The number of piperazine rings is 1. The van der Waals surface area contributed by atoms with Gasteiger partial charge in [0.15, 0.2) is 0 Å². The van der Waals surface area contributed by atoms with E-state index in [1.807, 2.05) is 0 Å². The maximum atomic E-state index is 13.3. The van der Waals surface area contributed by atoms with E-state index in [9.17, 15) is 39.5 Å². The van der Waals surface area contributed by atoms with E-state index in [0.29, 0.717) is 31.3 Å². The Morgan fingerprint density at radius 1 is 0.862 bits per heavy atom. The molecule has 1 N–H and O–H groups in total. The van der Waals surface area contributed by atoms with Gasteiger partial charge in [-0.15, -0.1) is 24.8 Å². The number of nitrogens with one attached hydrogen (secondary N) is 1. The molecule has 1 atom stereocenters. The molecule has 0 bridgehead atoms. The molecule has 0 amide bonds. The van der Waals surface area contributed by atoms with E-state index in [1.165, 1.54) is 4.90 Å². The molecule has 0 saturated carbocycles. The fourth-order valence-corrected chi connectivity index (χ4v) is 3.10. The molecule has 0 aliphatic carbocycles. The molecule has 2 nitrogen and oxygen atoms in total. The summed E-state index contributed by atoms with van der Waals surface area (Å²) in [6, 6.07) is -0.509. The Bertz CT molecular complexity index is 639. The first-order valence-corrected chi connectivity index (χ1v) is 8.09. The Balaban J connectivity index is 0.00000392. The first-order valence-electron chi connectivity index (χ1n) is 8.09. The number of hydrogen-bond donors (Lipinski definition) is 1. The second-order valence-corrected chi connectivity index (χ2v) is 6.25. The molecule has 0 spiro atoms. The van der Waals surface area contributed by atoms with Crippen LogP contribution in [0.15, 0.2) is 18.2 Å². The average molecular weight is 481 g/mol. The highest BCUT2D eigenvalue weighted by atomic mass is 35.5.